The quantitative estimate of drug-likeness (QED) is 0.0585. The lowest BCUT2D eigenvalue weighted by atomic mass is 10.1. The summed E-state index contributed by atoms with van der Waals surface area (Å²) in [5, 5.41) is 0. The lowest BCUT2D eigenvalue weighted by Crippen LogP contribution is -2.20. The standard InChI is InChI=1S/C38H75N/c1-4-6-8-10-12-14-16-18-20-22-24-26-28-30-32-34-36-38-39(3)37-35-33-31-29-27-25-23-21-19-17-15-13-11-9-7-5-2/h18-21H,4-17,22-38H2,1-3H3/b20-18-,21-19-. The van der Waals surface area contributed by atoms with Gasteiger partial charge in [-0.3, -0.25) is 0 Å². The van der Waals surface area contributed by atoms with E-state index in [4.69, 9.17) is 0 Å². The van der Waals surface area contributed by atoms with Gasteiger partial charge in [-0.15, -0.1) is 0 Å². The van der Waals surface area contributed by atoms with Crippen molar-refractivity contribution >= 4 is 0 Å². The molecule has 0 aromatic rings. The monoisotopic (exact) mass is 546 g/mol. The fourth-order valence-electron chi connectivity index (χ4n) is 5.55. The Hall–Kier alpha value is -0.560. The third-order valence-corrected chi connectivity index (χ3v) is 8.35. The van der Waals surface area contributed by atoms with Crippen LogP contribution in [-0.2, 0) is 0 Å². The molecule has 0 spiro atoms. The maximum absolute atomic E-state index is 2.58. The molecule has 0 saturated carbocycles. The molecule has 0 aliphatic carbocycles. The third-order valence-electron chi connectivity index (χ3n) is 8.35. The summed E-state index contributed by atoms with van der Waals surface area (Å²) >= 11 is 0. The summed E-state index contributed by atoms with van der Waals surface area (Å²) in [5.74, 6) is 0. The van der Waals surface area contributed by atoms with Crippen LogP contribution in [0, 0.1) is 0 Å². The number of hydrogen-bond acceptors (Lipinski definition) is 1. The first-order valence-electron chi connectivity index (χ1n) is 18.3. The van der Waals surface area contributed by atoms with Crippen LogP contribution in [0.3, 0.4) is 0 Å². The lowest BCUT2D eigenvalue weighted by Gasteiger charge is -2.16. The Morgan fingerprint density at radius 3 is 0.821 bits per heavy atom. The Balaban J connectivity index is 3.22. The van der Waals surface area contributed by atoms with E-state index in [1.807, 2.05) is 0 Å². The molecule has 0 N–H and O–H groups in total. The number of unbranched alkanes of at least 4 members (excludes halogenated alkanes) is 25. The highest BCUT2D eigenvalue weighted by atomic mass is 15.1. The van der Waals surface area contributed by atoms with Crippen LogP contribution in [-0.4, -0.2) is 25.0 Å². The Morgan fingerprint density at radius 1 is 0.308 bits per heavy atom. The first kappa shape index (κ1) is 38.4. The normalized spacial score (nSPS) is 12.1. The first-order chi connectivity index (χ1) is 19.3. The minimum absolute atomic E-state index is 1.30. The molecule has 0 fully saturated rings. The van der Waals surface area contributed by atoms with Crippen LogP contribution >= 0.6 is 0 Å². The summed E-state index contributed by atoms with van der Waals surface area (Å²) in [6, 6.07) is 0. The van der Waals surface area contributed by atoms with E-state index in [-0.39, 0.29) is 0 Å². The van der Waals surface area contributed by atoms with Gasteiger partial charge < -0.3 is 4.90 Å². The second-order valence-electron chi connectivity index (χ2n) is 12.5. The van der Waals surface area contributed by atoms with Crippen LogP contribution < -0.4 is 0 Å². The van der Waals surface area contributed by atoms with Crippen molar-refractivity contribution in [2.45, 2.75) is 200 Å². The van der Waals surface area contributed by atoms with E-state index in [2.05, 4.69) is 50.1 Å². The van der Waals surface area contributed by atoms with Crippen LogP contribution in [0.2, 0.25) is 0 Å². The molecule has 39 heavy (non-hydrogen) atoms. The molecule has 0 unspecified atom stereocenters. The van der Waals surface area contributed by atoms with Crippen molar-refractivity contribution in [3.05, 3.63) is 24.3 Å². The van der Waals surface area contributed by atoms with E-state index < -0.39 is 0 Å². The van der Waals surface area contributed by atoms with E-state index in [1.165, 1.54) is 199 Å². The van der Waals surface area contributed by atoms with Gasteiger partial charge >= 0.3 is 0 Å². The highest BCUT2D eigenvalue weighted by Gasteiger charge is 1.99. The maximum Gasteiger partial charge on any atom is -0.00218 e. The van der Waals surface area contributed by atoms with Crippen molar-refractivity contribution in [3.63, 3.8) is 0 Å². The predicted octanol–water partition coefficient (Wildman–Crippen LogP) is 13.4. The second kappa shape index (κ2) is 35.5. The molecular formula is C38H75N. The molecule has 232 valence electrons. The summed E-state index contributed by atoms with van der Waals surface area (Å²) < 4.78 is 0. The lowest BCUT2D eigenvalue weighted by molar-refractivity contribution is 0.314. The minimum atomic E-state index is 1.30. The van der Waals surface area contributed by atoms with Crippen LogP contribution in [0.25, 0.3) is 0 Å². The molecule has 0 radical (unpaired) electrons. The van der Waals surface area contributed by atoms with E-state index in [9.17, 15) is 0 Å². The molecule has 0 aromatic heterocycles. The van der Waals surface area contributed by atoms with Crippen LogP contribution in [0.4, 0.5) is 0 Å². The number of hydrogen-bond donors (Lipinski definition) is 0. The van der Waals surface area contributed by atoms with Gasteiger partial charge in [-0.2, -0.15) is 0 Å². The summed E-state index contributed by atoms with van der Waals surface area (Å²) in [6.45, 7) is 7.19. The van der Waals surface area contributed by atoms with E-state index in [0.29, 0.717) is 0 Å². The molecule has 0 atom stereocenters. The zero-order chi connectivity index (χ0) is 28.3. The zero-order valence-corrected chi connectivity index (χ0v) is 27.7. The smallest absolute Gasteiger partial charge is 0.00218 e. The van der Waals surface area contributed by atoms with Gasteiger partial charge in [0.15, 0.2) is 0 Å². The van der Waals surface area contributed by atoms with Crippen molar-refractivity contribution in [3.8, 4) is 0 Å². The molecule has 0 aliphatic heterocycles. The van der Waals surface area contributed by atoms with Crippen molar-refractivity contribution in [1.29, 1.82) is 0 Å². The molecule has 0 bridgehead atoms. The molecule has 1 nitrogen and oxygen atoms in total. The van der Waals surface area contributed by atoms with Crippen molar-refractivity contribution in [1.82, 2.24) is 4.90 Å². The number of allylic oxidation sites excluding steroid dienone is 4. The Labute approximate surface area is 249 Å². The number of nitrogens with zero attached hydrogens (tertiary/aromatic N) is 1. The molecule has 0 aromatic carbocycles. The van der Waals surface area contributed by atoms with Crippen LogP contribution in [0.1, 0.15) is 200 Å². The predicted molar refractivity (Wildman–Crippen MR) is 181 cm³/mol. The zero-order valence-electron chi connectivity index (χ0n) is 27.7. The maximum atomic E-state index is 2.58. The fraction of sp³-hybridized carbons (Fsp3) is 0.895. The van der Waals surface area contributed by atoms with Gasteiger partial charge in [-0.1, -0.05) is 160 Å². The van der Waals surface area contributed by atoms with Gasteiger partial charge in [0.2, 0.25) is 0 Å². The average Bonchev–Trinajstić information content (AvgIpc) is 2.94. The topological polar surface area (TPSA) is 3.24 Å². The fourth-order valence-corrected chi connectivity index (χ4v) is 5.55. The van der Waals surface area contributed by atoms with Gasteiger partial charge in [-0.25, -0.2) is 0 Å². The van der Waals surface area contributed by atoms with E-state index in [0.717, 1.165) is 0 Å². The molecule has 1 heteroatoms. The number of rotatable bonds is 33. The van der Waals surface area contributed by atoms with Gasteiger partial charge in [-0.05, 0) is 84.3 Å². The highest BCUT2D eigenvalue weighted by molar-refractivity contribution is 4.82. The molecule has 0 aliphatic rings. The van der Waals surface area contributed by atoms with E-state index >= 15 is 0 Å². The molecular weight excluding hydrogens is 470 g/mol. The second-order valence-corrected chi connectivity index (χ2v) is 12.5. The molecule has 0 heterocycles. The third kappa shape index (κ3) is 35.4. The Kier molecular flexibility index (Phi) is 35.0. The van der Waals surface area contributed by atoms with E-state index in [1.54, 1.807) is 0 Å². The highest BCUT2D eigenvalue weighted by Crippen LogP contribution is 2.12. The summed E-state index contributed by atoms with van der Waals surface area (Å²) in [6.07, 6.45) is 50.4. The average molecular weight is 546 g/mol. The Morgan fingerprint density at radius 2 is 0.538 bits per heavy atom. The summed E-state index contributed by atoms with van der Waals surface area (Å²) in [4.78, 5) is 2.58. The van der Waals surface area contributed by atoms with Crippen LogP contribution in [0.15, 0.2) is 24.3 Å². The summed E-state index contributed by atoms with van der Waals surface area (Å²) in [5.41, 5.74) is 0. The SMILES string of the molecule is CCCCCCCC/C=C\CCCCCCCCCN(C)CCCCCCCC/C=C\CCCCCCCC. The first-order valence-corrected chi connectivity index (χ1v) is 18.3. The minimum Gasteiger partial charge on any atom is -0.306 e. The Bertz CT molecular complexity index is 479. The summed E-state index contributed by atoms with van der Waals surface area (Å²) in [7, 11) is 2.33. The van der Waals surface area contributed by atoms with Gasteiger partial charge in [0.25, 0.3) is 0 Å². The molecule has 0 amide bonds. The molecule has 0 saturated heterocycles. The largest absolute Gasteiger partial charge is 0.306 e. The van der Waals surface area contributed by atoms with Crippen molar-refractivity contribution in [2.75, 3.05) is 20.1 Å². The van der Waals surface area contributed by atoms with Gasteiger partial charge in [0.1, 0.15) is 0 Å². The van der Waals surface area contributed by atoms with Crippen molar-refractivity contribution < 1.29 is 0 Å². The van der Waals surface area contributed by atoms with Gasteiger partial charge in [0, 0.05) is 0 Å². The van der Waals surface area contributed by atoms with Crippen LogP contribution in [0.5, 0.6) is 0 Å². The van der Waals surface area contributed by atoms with Crippen molar-refractivity contribution in [2.24, 2.45) is 0 Å². The molecule has 0 rings (SSSR count). The van der Waals surface area contributed by atoms with Gasteiger partial charge in [0.05, 0.1) is 0 Å².